The molecule has 2 rings (SSSR count). The number of hydrogen-bond donors (Lipinski definition) is 1. The van der Waals surface area contributed by atoms with Crippen LogP contribution in [0.5, 0.6) is 5.75 Å². The van der Waals surface area contributed by atoms with Gasteiger partial charge in [-0.15, -0.1) is 10.2 Å². The van der Waals surface area contributed by atoms with Crippen molar-refractivity contribution in [2.75, 3.05) is 6.54 Å². The fraction of sp³-hybridized carbons (Fsp3) is 0.429. The maximum atomic E-state index is 12.1. The van der Waals surface area contributed by atoms with Crippen LogP contribution in [0.1, 0.15) is 25.6 Å². The number of rotatable bonds is 7. The fourth-order valence-corrected chi connectivity index (χ4v) is 2.82. The van der Waals surface area contributed by atoms with Crippen LogP contribution >= 0.6 is 0 Å². The Morgan fingerprint density at radius 2 is 1.91 bits per heavy atom. The predicted octanol–water partition coefficient (Wildman–Crippen LogP) is 1.69. The molecule has 1 N–H and O–H groups in total. The minimum absolute atomic E-state index is 0.0402. The molecule has 0 fully saturated rings. The van der Waals surface area contributed by atoms with Gasteiger partial charge in [0.15, 0.2) is 0 Å². The predicted molar refractivity (Wildman–Crippen MR) is 80.1 cm³/mol. The Labute approximate surface area is 129 Å². The molecule has 22 heavy (non-hydrogen) atoms. The number of nitrogens with one attached hydrogen (secondary N) is 1. The molecule has 0 aliphatic carbocycles. The molecule has 0 amide bonds. The van der Waals surface area contributed by atoms with Gasteiger partial charge in [0.25, 0.3) is 0 Å². The zero-order valence-corrected chi connectivity index (χ0v) is 13.6. The van der Waals surface area contributed by atoms with E-state index in [4.69, 9.17) is 9.15 Å². The van der Waals surface area contributed by atoms with Crippen LogP contribution in [-0.4, -0.2) is 31.3 Å². The highest BCUT2D eigenvalue weighted by molar-refractivity contribution is 7.89. The monoisotopic (exact) mass is 325 g/mol. The second-order valence-electron chi connectivity index (χ2n) is 5.00. The van der Waals surface area contributed by atoms with Crippen LogP contribution in [0, 0.1) is 6.92 Å². The molecule has 120 valence electrons. The highest BCUT2D eigenvalue weighted by Gasteiger charge is 2.14. The van der Waals surface area contributed by atoms with Gasteiger partial charge in [-0.3, -0.25) is 0 Å². The molecule has 0 bridgehead atoms. The minimum atomic E-state index is -3.56. The Kier molecular flexibility index (Phi) is 5.15. The summed E-state index contributed by atoms with van der Waals surface area (Å²) in [5.74, 6) is 1.50. The van der Waals surface area contributed by atoms with E-state index in [0.717, 1.165) is 0 Å². The van der Waals surface area contributed by atoms with Crippen LogP contribution in [0.2, 0.25) is 0 Å². The van der Waals surface area contributed by atoms with Gasteiger partial charge in [0, 0.05) is 19.9 Å². The first-order valence-corrected chi connectivity index (χ1v) is 8.40. The summed E-state index contributed by atoms with van der Waals surface area (Å²) < 4.78 is 37.4. The van der Waals surface area contributed by atoms with E-state index in [-0.39, 0.29) is 17.5 Å². The van der Waals surface area contributed by atoms with Crippen molar-refractivity contribution in [3.63, 3.8) is 0 Å². The Morgan fingerprint density at radius 1 is 1.23 bits per heavy atom. The third-order valence-corrected chi connectivity index (χ3v) is 4.18. The molecule has 1 aromatic heterocycles. The number of hydrogen-bond acceptors (Lipinski definition) is 6. The summed E-state index contributed by atoms with van der Waals surface area (Å²) in [6.45, 7) is 5.69. The molecule has 7 nitrogen and oxygen atoms in total. The average molecular weight is 325 g/mol. The number of aromatic nitrogens is 2. The van der Waals surface area contributed by atoms with Gasteiger partial charge in [0.05, 0.1) is 11.0 Å². The number of ether oxygens (including phenoxy) is 1. The summed E-state index contributed by atoms with van der Waals surface area (Å²) in [4.78, 5) is 0.185. The van der Waals surface area contributed by atoms with E-state index >= 15 is 0 Å². The van der Waals surface area contributed by atoms with Gasteiger partial charge in [-0.1, -0.05) is 0 Å². The van der Waals surface area contributed by atoms with Crippen LogP contribution in [0.25, 0.3) is 0 Å². The van der Waals surface area contributed by atoms with Gasteiger partial charge in [0.2, 0.25) is 21.8 Å². The van der Waals surface area contributed by atoms with E-state index in [1.807, 2.05) is 13.8 Å². The van der Waals surface area contributed by atoms with E-state index in [9.17, 15) is 8.42 Å². The third-order valence-electron chi connectivity index (χ3n) is 2.70. The third kappa shape index (κ3) is 4.54. The molecule has 1 aromatic carbocycles. The van der Waals surface area contributed by atoms with Crippen molar-refractivity contribution in [2.24, 2.45) is 0 Å². The van der Waals surface area contributed by atoms with Crippen molar-refractivity contribution in [3.8, 4) is 5.75 Å². The van der Waals surface area contributed by atoms with Gasteiger partial charge in [-0.25, -0.2) is 13.1 Å². The molecule has 0 spiro atoms. The molecule has 0 radical (unpaired) electrons. The topological polar surface area (TPSA) is 94.3 Å². The Hall–Kier alpha value is -1.93. The standard InChI is InChI=1S/C14H19N3O4S/c1-10(2)20-12-4-6-13(7-5-12)22(18,19)15-9-8-14-17-16-11(3)21-14/h4-7,10,15H,8-9H2,1-3H3. The smallest absolute Gasteiger partial charge is 0.240 e. The molecule has 0 unspecified atom stereocenters. The Balaban J connectivity index is 1.94. The highest BCUT2D eigenvalue weighted by atomic mass is 32.2. The van der Waals surface area contributed by atoms with Gasteiger partial charge in [-0.2, -0.15) is 0 Å². The van der Waals surface area contributed by atoms with Gasteiger partial charge < -0.3 is 9.15 Å². The van der Waals surface area contributed by atoms with Crippen LogP contribution in [0.3, 0.4) is 0 Å². The number of aryl methyl sites for hydroxylation is 1. The zero-order chi connectivity index (χ0) is 16.2. The summed E-state index contributed by atoms with van der Waals surface area (Å²) in [6, 6.07) is 6.29. The first-order chi connectivity index (χ1) is 10.4. The molecule has 2 aromatic rings. The van der Waals surface area contributed by atoms with Crippen molar-refractivity contribution in [1.82, 2.24) is 14.9 Å². The zero-order valence-electron chi connectivity index (χ0n) is 12.7. The van der Waals surface area contributed by atoms with Crippen molar-refractivity contribution in [3.05, 3.63) is 36.0 Å². The molecule has 0 atom stereocenters. The SMILES string of the molecule is Cc1nnc(CCNS(=O)(=O)c2ccc(OC(C)C)cc2)o1. The first-order valence-electron chi connectivity index (χ1n) is 6.92. The lowest BCUT2D eigenvalue weighted by Crippen LogP contribution is -2.26. The molecule has 0 saturated carbocycles. The van der Waals surface area contributed by atoms with E-state index in [1.54, 1.807) is 19.1 Å². The summed E-state index contributed by atoms with van der Waals surface area (Å²) in [5, 5.41) is 7.49. The van der Waals surface area contributed by atoms with Crippen LogP contribution < -0.4 is 9.46 Å². The number of sulfonamides is 1. The lowest BCUT2D eigenvalue weighted by atomic mass is 10.3. The molecule has 0 aliphatic heterocycles. The minimum Gasteiger partial charge on any atom is -0.491 e. The highest BCUT2D eigenvalue weighted by Crippen LogP contribution is 2.17. The Bertz CT molecular complexity index is 708. The van der Waals surface area contributed by atoms with Gasteiger partial charge >= 0.3 is 0 Å². The van der Waals surface area contributed by atoms with Crippen LogP contribution in [-0.2, 0) is 16.4 Å². The van der Waals surface area contributed by atoms with E-state index in [2.05, 4.69) is 14.9 Å². The summed E-state index contributed by atoms with van der Waals surface area (Å²) >= 11 is 0. The largest absolute Gasteiger partial charge is 0.491 e. The first kappa shape index (κ1) is 16.4. The normalized spacial score (nSPS) is 11.8. The van der Waals surface area contributed by atoms with Crippen LogP contribution in [0.4, 0.5) is 0 Å². The molecular formula is C14H19N3O4S. The summed E-state index contributed by atoms with van der Waals surface area (Å²) in [7, 11) is -3.56. The number of nitrogens with zero attached hydrogens (tertiary/aromatic N) is 2. The molecule has 0 aliphatic rings. The van der Waals surface area contributed by atoms with E-state index < -0.39 is 10.0 Å². The van der Waals surface area contributed by atoms with Crippen LogP contribution in [0.15, 0.2) is 33.6 Å². The van der Waals surface area contributed by atoms with E-state index in [1.165, 1.54) is 12.1 Å². The quantitative estimate of drug-likeness (QED) is 0.832. The van der Waals surface area contributed by atoms with Gasteiger partial charge in [-0.05, 0) is 38.1 Å². The lowest BCUT2D eigenvalue weighted by molar-refractivity contribution is 0.242. The van der Waals surface area contributed by atoms with Crippen molar-refractivity contribution in [1.29, 1.82) is 0 Å². The molecule has 0 saturated heterocycles. The second-order valence-corrected chi connectivity index (χ2v) is 6.77. The van der Waals surface area contributed by atoms with Crippen molar-refractivity contribution >= 4 is 10.0 Å². The van der Waals surface area contributed by atoms with Gasteiger partial charge in [0.1, 0.15) is 5.75 Å². The maximum absolute atomic E-state index is 12.1. The second kappa shape index (κ2) is 6.89. The maximum Gasteiger partial charge on any atom is 0.240 e. The lowest BCUT2D eigenvalue weighted by Gasteiger charge is -2.10. The van der Waals surface area contributed by atoms with Crippen molar-refractivity contribution in [2.45, 2.75) is 38.2 Å². The summed E-state index contributed by atoms with van der Waals surface area (Å²) in [6.07, 6.45) is 0.382. The molecule has 8 heteroatoms. The van der Waals surface area contributed by atoms with Crippen molar-refractivity contribution < 1.29 is 17.6 Å². The molecular weight excluding hydrogens is 306 g/mol. The summed E-state index contributed by atoms with van der Waals surface area (Å²) in [5.41, 5.74) is 0. The average Bonchev–Trinajstić information content (AvgIpc) is 2.84. The number of benzene rings is 1. The molecule has 1 heterocycles. The Morgan fingerprint density at radius 3 is 2.45 bits per heavy atom. The fourth-order valence-electron chi connectivity index (χ4n) is 1.78. The van der Waals surface area contributed by atoms with E-state index in [0.29, 0.717) is 24.0 Å².